The Morgan fingerprint density at radius 2 is 2.44 bits per heavy atom. The number of hydrogen-bond donors (Lipinski definition) is 2. The summed E-state index contributed by atoms with van der Waals surface area (Å²) in [6.45, 7) is 0.519. The van der Waals surface area contributed by atoms with Crippen LogP contribution in [-0.2, 0) is 18.4 Å². The SMILES string of the molecule is Cn1nccc1CNC(=O)CC1(N)CCC1. The molecule has 1 aromatic heterocycles. The predicted octanol–water partition coefficient (Wildman–Crippen LogP) is 0.308. The number of nitrogens with zero attached hydrogens (tertiary/aromatic N) is 2. The van der Waals surface area contributed by atoms with Crippen molar-refractivity contribution < 1.29 is 4.79 Å². The Bertz CT molecular complexity index is 381. The molecular weight excluding hydrogens is 204 g/mol. The van der Waals surface area contributed by atoms with E-state index in [0.717, 1.165) is 25.0 Å². The molecule has 16 heavy (non-hydrogen) atoms. The maximum absolute atomic E-state index is 11.6. The van der Waals surface area contributed by atoms with Crippen LogP contribution in [0.5, 0.6) is 0 Å². The Hall–Kier alpha value is -1.36. The first-order chi connectivity index (χ1) is 7.59. The number of amides is 1. The molecule has 0 saturated heterocycles. The van der Waals surface area contributed by atoms with Crippen molar-refractivity contribution in [3.63, 3.8) is 0 Å². The lowest BCUT2D eigenvalue weighted by Crippen LogP contribution is -2.49. The Kier molecular flexibility index (Phi) is 2.96. The third-order valence-electron chi connectivity index (χ3n) is 3.25. The Labute approximate surface area is 95.0 Å². The zero-order valence-electron chi connectivity index (χ0n) is 9.57. The lowest BCUT2D eigenvalue weighted by Gasteiger charge is -2.37. The molecule has 2 rings (SSSR count). The van der Waals surface area contributed by atoms with Gasteiger partial charge in [-0.1, -0.05) is 0 Å². The highest BCUT2D eigenvalue weighted by atomic mass is 16.1. The minimum absolute atomic E-state index is 0.0309. The first kappa shape index (κ1) is 11.1. The van der Waals surface area contributed by atoms with Gasteiger partial charge >= 0.3 is 0 Å². The van der Waals surface area contributed by atoms with Gasteiger partial charge in [-0.3, -0.25) is 9.48 Å². The van der Waals surface area contributed by atoms with Crippen molar-refractivity contribution in [2.45, 2.75) is 37.8 Å². The van der Waals surface area contributed by atoms with Crippen LogP contribution in [0.1, 0.15) is 31.4 Å². The molecule has 0 aromatic carbocycles. The van der Waals surface area contributed by atoms with Gasteiger partial charge in [0, 0.05) is 25.2 Å². The van der Waals surface area contributed by atoms with Crippen LogP contribution in [0.15, 0.2) is 12.3 Å². The van der Waals surface area contributed by atoms with E-state index in [-0.39, 0.29) is 11.4 Å². The molecule has 0 atom stereocenters. The van der Waals surface area contributed by atoms with Gasteiger partial charge in [-0.05, 0) is 25.3 Å². The van der Waals surface area contributed by atoms with Gasteiger partial charge in [0.25, 0.3) is 0 Å². The highest BCUT2D eigenvalue weighted by Crippen LogP contribution is 2.31. The molecule has 0 spiro atoms. The molecule has 1 amide bonds. The summed E-state index contributed by atoms with van der Waals surface area (Å²) in [4.78, 5) is 11.6. The van der Waals surface area contributed by atoms with Gasteiger partial charge in [0.05, 0.1) is 12.2 Å². The zero-order valence-corrected chi connectivity index (χ0v) is 9.57. The molecule has 0 bridgehead atoms. The molecule has 0 aliphatic heterocycles. The number of nitrogens with one attached hydrogen (secondary N) is 1. The lowest BCUT2D eigenvalue weighted by atomic mass is 9.75. The third-order valence-corrected chi connectivity index (χ3v) is 3.25. The fourth-order valence-corrected chi connectivity index (χ4v) is 1.95. The maximum atomic E-state index is 11.6. The molecule has 5 nitrogen and oxygen atoms in total. The summed E-state index contributed by atoms with van der Waals surface area (Å²) in [5.74, 6) is 0.0309. The zero-order chi connectivity index (χ0) is 11.6. The van der Waals surface area contributed by atoms with E-state index >= 15 is 0 Å². The van der Waals surface area contributed by atoms with E-state index in [1.165, 1.54) is 0 Å². The molecule has 5 heteroatoms. The van der Waals surface area contributed by atoms with Crippen molar-refractivity contribution in [2.24, 2.45) is 12.8 Å². The number of rotatable bonds is 4. The fourth-order valence-electron chi connectivity index (χ4n) is 1.95. The Balaban J connectivity index is 1.78. The summed E-state index contributed by atoms with van der Waals surface area (Å²) in [6.07, 6.45) is 5.23. The molecular formula is C11H18N4O. The van der Waals surface area contributed by atoms with E-state index in [0.29, 0.717) is 13.0 Å². The second kappa shape index (κ2) is 4.25. The van der Waals surface area contributed by atoms with E-state index in [2.05, 4.69) is 10.4 Å². The molecule has 1 aromatic rings. The topological polar surface area (TPSA) is 72.9 Å². The monoisotopic (exact) mass is 222 g/mol. The minimum Gasteiger partial charge on any atom is -0.350 e. The van der Waals surface area contributed by atoms with Crippen LogP contribution in [0.3, 0.4) is 0 Å². The molecule has 88 valence electrons. The van der Waals surface area contributed by atoms with E-state index < -0.39 is 0 Å². The van der Waals surface area contributed by atoms with Crippen LogP contribution in [-0.4, -0.2) is 21.2 Å². The quantitative estimate of drug-likeness (QED) is 0.770. The van der Waals surface area contributed by atoms with Crippen LogP contribution in [0.4, 0.5) is 0 Å². The number of nitrogens with two attached hydrogens (primary N) is 1. The first-order valence-electron chi connectivity index (χ1n) is 5.62. The molecule has 3 N–H and O–H groups in total. The number of aryl methyl sites for hydroxylation is 1. The van der Waals surface area contributed by atoms with E-state index in [9.17, 15) is 4.79 Å². The van der Waals surface area contributed by atoms with E-state index in [1.807, 2.05) is 13.1 Å². The van der Waals surface area contributed by atoms with Crippen molar-refractivity contribution >= 4 is 5.91 Å². The van der Waals surface area contributed by atoms with Crippen molar-refractivity contribution in [3.8, 4) is 0 Å². The smallest absolute Gasteiger partial charge is 0.222 e. The highest BCUT2D eigenvalue weighted by molar-refractivity contribution is 5.77. The van der Waals surface area contributed by atoms with Gasteiger partial charge in [0.1, 0.15) is 0 Å². The number of aromatic nitrogens is 2. The summed E-state index contributed by atoms with van der Waals surface area (Å²) in [7, 11) is 1.86. The first-order valence-corrected chi connectivity index (χ1v) is 5.62. The Morgan fingerprint density at radius 3 is 2.94 bits per heavy atom. The average molecular weight is 222 g/mol. The standard InChI is InChI=1S/C11H18N4O/c1-15-9(3-6-14-15)8-13-10(16)7-11(12)4-2-5-11/h3,6H,2,4-5,7-8,12H2,1H3,(H,13,16). The van der Waals surface area contributed by atoms with Gasteiger partial charge in [-0.25, -0.2) is 0 Å². The molecule has 1 aliphatic carbocycles. The number of carbonyl (C=O) groups excluding carboxylic acids is 1. The second-order valence-corrected chi connectivity index (χ2v) is 4.62. The molecule has 1 saturated carbocycles. The summed E-state index contributed by atoms with van der Waals surface area (Å²) in [6, 6.07) is 1.89. The maximum Gasteiger partial charge on any atom is 0.222 e. The van der Waals surface area contributed by atoms with Crippen LogP contribution in [0.25, 0.3) is 0 Å². The fraction of sp³-hybridized carbons (Fsp3) is 0.636. The van der Waals surface area contributed by atoms with Gasteiger partial charge in [0.15, 0.2) is 0 Å². The van der Waals surface area contributed by atoms with Gasteiger partial charge in [-0.2, -0.15) is 5.10 Å². The number of hydrogen-bond acceptors (Lipinski definition) is 3. The van der Waals surface area contributed by atoms with E-state index in [1.54, 1.807) is 10.9 Å². The van der Waals surface area contributed by atoms with Crippen molar-refractivity contribution in [2.75, 3.05) is 0 Å². The van der Waals surface area contributed by atoms with Crippen molar-refractivity contribution in [3.05, 3.63) is 18.0 Å². The molecule has 0 radical (unpaired) electrons. The number of carbonyl (C=O) groups is 1. The Morgan fingerprint density at radius 1 is 1.69 bits per heavy atom. The van der Waals surface area contributed by atoms with Crippen molar-refractivity contribution in [1.29, 1.82) is 0 Å². The van der Waals surface area contributed by atoms with E-state index in [4.69, 9.17) is 5.73 Å². The largest absolute Gasteiger partial charge is 0.350 e. The molecule has 1 heterocycles. The molecule has 0 unspecified atom stereocenters. The highest BCUT2D eigenvalue weighted by Gasteiger charge is 2.34. The van der Waals surface area contributed by atoms with Gasteiger partial charge in [0.2, 0.25) is 5.91 Å². The summed E-state index contributed by atoms with van der Waals surface area (Å²) < 4.78 is 1.75. The normalized spacial score (nSPS) is 17.9. The van der Waals surface area contributed by atoms with Gasteiger partial charge in [-0.15, -0.1) is 0 Å². The minimum atomic E-state index is -0.240. The van der Waals surface area contributed by atoms with Crippen LogP contribution in [0.2, 0.25) is 0 Å². The summed E-state index contributed by atoms with van der Waals surface area (Å²) in [5, 5.41) is 6.91. The van der Waals surface area contributed by atoms with Crippen LogP contribution in [0, 0.1) is 0 Å². The van der Waals surface area contributed by atoms with Crippen LogP contribution >= 0.6 is 0 Å². The van der Waals surface area contributed by atoms with Crippen LogP contribution < -0.4 is 11.1 Å². The van der Waals surface area contributed by atoms with Gasteiger partial charge < -0.3 is 11.1 Å². The summed E-state index contributed by atoms with van der Waals surface area (Å²) in [5.41, 5.74) is 6.76. The third kappa shape index (κ3) is 2.41. The lowest BCUT2D eigenvalue weighted by molar-refractivity contribution is -0.123. The molecule has 1 fully saturated rings. The average Bonchev–Trinajstić information content (AvgIpc) is 2.59. The predicted molar refractivity (Wildman–Crippen MR) is 60.4 cm³/mol. The van der Waals surface area contributed by atoms with Crippen molar-refractivity contribution in [1.82, 2.24) is 15.1 Å². The summed E-state index contributed by atoms with van der Waals surface area (Å²) >= 11 is 0. The second-order valence-electron chi connectivity index (χ2n) is 4.62. The molecule has 1 aliphatic rings.